The van der Waals surface area contributed by atoms with Gasteiger partial charge in [0.1, 0.15) is 5.75 Å². The Bertz CT molecular complexity index is 889. The molecule has 2 amide bonds. The minimum Gasteiger partial charge on any atom is -0.494 e. The summed E-state index contributed by atoms with van der Waals surface area (Å²) in [5.41, 5.74) is 2.67. The molecular formula is C24H30N2O4. The molecule has 6 heteroatoms. The van der Waals surface area contributed by atoms with Gasteiger partial charge in [-0.05, 0) is 55.3 Å². The van der Waals surface area contributed by atoms with Gasteiger partial charge >= 0.3 is 0 Å². The molecule has 2 aromatic carbocycles. The van der Waals surface area contributed by atoms with E-state index in [9.17, 15) is 14.4 Å². The zero-order valence-corrected chi connectivity index (χ0v) is 18.1. The Balaban J connectivity index is 1.91. The summed E-state index contributed by atoms with van der Waals surface area (Å²) < 4.78 is 5.51. The maximum Gasteiger partial charge on any atom is 0.226 e. The number of ketones is 1. The average molecular weight is 411 g/mol. The van der Waals surface area contributed by atoms with Gasteiger partial charge in [-0.25, -0.2) is 0 Å². The fourth-order valence-corrected chi connectivity index (χ4v) is 2.66. The van der Waals surface area contributed by atoms with Crippen LogP contribution in [0.3, 0.4) is 0 Å². The first-order chi connectivity index (χ1) is 14.3. The van der Waals surface area contributed by atoms with E-state index in [0.29, 0.717) is 23.5 Å². The van der Waals surface area contributed by atoms with Crippen LogP contribution in [0.2, 0.25) is 0 Å². The SMILES string of the molecule is CCCOc1ccc(C(=O)CCC(=O)Nc2cc(NC(=O)C(C)C)ccc2C)cc1. The summed E-state index contributed by atoms with van der Waals surface area (Å²) in [4.78, 5) is 36.6. The molecule has 0 saturated heterocycles. The largest absolute Gasteiger partial charge is 0.494 e. The first-order valence-corrected chi connectivity index (χ1v) is 10.3. The van der Waals surface area contributed by atoms with E-state index in [0.717, 1.165) is 17.7 Å². The number of carbonyl (C=O) groups excluding carboxylic acids is 3. The Labute approximate surface area is 178 Å². The van der Waals surface area contributed by atoms with Crippen LogP contribution >= 0.6 is 0 Å². The van der Waals surface area contributed by atoms with E-state index < -0.39 is 0 Å². The van der Waals surface area contributed by atoms with Crippen molar-refractivity contribution < 1.29 is 19.1 Å². The normalized spacial score (nSPS) is 10.6. The third kappa shape index (κ3) is 7.03. The number of amides is 2. The first kappa shape index (κ1) is 23.1. The lowest BCUT2D eigenvalue weighted by Gasteiger charge is -2.12. The molecule has 0 fully saturated rings. The van der Waals surface area contributed by atoms with Crippen LogP contribution in [0, 0.1) is 12.8 Å². The van der Waals surface area contributed by atoms with E-state index in [1.54, 1.807) is 36.4 Å². The summed E-state index contributed by atoms with van der Waals surface area (Å²) in [6.07, 6.45) is 1.11. The van der Waals surface area contributed by atoms with E-state index in [4.69, 9.17) is 4.74 Å². The first-order valence-electron chi connectivity index (χ1n) is 10.3. The van der Waals surface area contributed by atoms with Gasteiger partial charge in [0.25, 0.3) is 0 Å². The number of Topliss-reactive ketones (excluding diaryl/α,β-unsaturated/α-hetero) is 1. The molecule has 2 rings (SSSR count). The van der Waals surface area contributed by atoms with Crippen molar-refractivity contribution in [2.24, 2.45) is 5.92 Å². The van der Waals surface area contributed by atoms with Crippen LogP contribution in [-0.4, -0.2) is 24.2 Å². The molecule has 2 N–H and O–H groups in total. The van der Waals surface area contributed by atoms with Gasteiger partial charge in [-0.3, -0.25) is 14.4 Å². The number of rotatable bonds is 10. The molecule has 0 unspecified atom stereocenters. The van der Waals surface area contributed by atoms with Crippen LogP contribution in [0.15, 0.2) is 42.5 Å². The van der Waals surface area contributed by atoms with E-state index in [2.05, 4.69) is 10.6 Å². The maximum absolute atomic E-state index is 12.4. The van der Waals surface area contributed by atoms with E-state index >= 15 is 0 Å². The highest BCUT2D eigenvalue weighted by molar-refractivity contribution is 6.00. The van der Waals surface area contributed by atoms with Gasteiger partial charge in [0.15, 0.2) is 5.78 Å². The molecule has 6 nitrogen and oxygen atoms in total. The van der Waals surface area contributed by atoms with Gasteiger partial charge in [-0.2, -0.15) is 0 Å². The summed E-state index contributed by atoms with van der Waals surface area (Å²) in [6, 6.07) is 12.3. The second kappa shape index (κ2) is 11.1. The van der Waals surface area contributed by atoms with Crippen molar-refractivity contribution in [1.29, 1.82) is 0 Å². The molecule has 0 radical (unpaired) electrons. The predicted molar refractivity (Wildman–Crippen MR) is 119 cm³/mol. The number of aryl methyl sites for hydroxylation is 1. The topological polar surface area (TPSA) is 84.5 Å². The van der Waals surface area contributed by atoms with Gasteiger partial charge in [0, 0.05) is 35.7 Å². The van der Waals surface area contributed by atoms with Crippen LogP contribution in [-0.2, 0) is 9.59 Å². The fraction of sp³-hybridized carbons (Fsp3) is 0.375. The third-order valence-corrected chi connectivity index (χ3v) is 4.53. The monoisotopic (exact) mass is 410 g/mol. The number of carbonyl (C=O) groups is 3. The van der Waals surface area contributed by atoms with Gasteiger partial charge < -0.3 is 15.4 Å². The molecule has 0 saturated carbocycles. The number of hydrogen-bond acceptors (Lipinski definition) is 4. The van der Waals surface area contributed by atoms with Crippen molar-refractivity contribution in [3.05, 3.63) is 53.6 Å². The lowest BCUT2D eigenvalue weighted by Crippen LogP contribution is -2.18. The smallest absolute Gasteiger partial charge is 0.226 e. The van der Waals surface area contributed by atoms with Crippen molar-refractivity contribution in [1.82, 2.24) is 0 Å². The average Bonchev–Trinajstić information content (AvgIpc) is 2.73. The molecule has 0 aliphatic rings. The predicted octanol–water partition coefficient (Wildman–Crippen LogP) is 4.98. The van der Waals surface area contributed by atoms with Crippen LogP contribution in [0.4, 0.5) is 11.4 Å². The van der Waals surface area contributed by atoms with E-state index in [-0.39, 0.29) is 36.4 Å². The Morgan fingerprint density at radius 2 is 1.67 bits per heavy atom. The second-order valence-corrected chi connectivity index (χ2v) is 7.52. The second-order valence-electron chi connectivity index (χ2n) is 7.52. The van der Waals surface area contributed by atoms with Gasteiger partial charge in [0.05, 0.1) is 6.61 Å². The maximum atomic E-state index is 12.4. The summed E-state index contributed by atoms with van der Waals surface area (Å²) in [7, 11) is 0. The molecular weight excluding hydrogens is 380 g/mol. The molecule has 0 bridgehead atoms. The Morgan fingerprint density at radius 1 is 0.967 bits per heavy atom. The lowest BCUT2D eigenvalue weighted by atomic mass is 10.1. The highest BCUT2D eigenvalue weighted by Gasteiger charge is 2.12. The van der Waals surface area contributed by atoms with Gasteiger partial charge in [0.2, 0.25) is 11.8 Å². The zero-order valence-electron chi connectivity index (χ0n) is 18.1. The summed E-state index contributed by atoms with van der Waals surface area (Å²) >= 11 is 0. The van der Waals surface area contributed by atoms with Gasteiger partial charge in [-0.1, -0.05) is 26.8 Å². The standard InChI is InChI=1S/C24H30N2O4/c1-5-14-30-20-10-7-18(8-11-20)22(27)12-13-23(28)26-21-15-19(9-6-17(21)4)25-24(29)16(2)3/h6-11,15-16H,5,12-14H2,1-4H3,(H,25,29)(H,26,28). The summed E-state index contributed by atoms with van der Waals surface area (Å²) in [5, 5.41) is 5.65. The molecule has 0 aromatic heterocycles. The fourth-order valence-electron chi connectivity index (χ4n) is 2.66. The quantitative estimate of drug-likeness (QED) is 0.541. The van der Waals surface area contributed by atoms with Crippen molar-refractivity contribution in [2.75, 3.05) is 17.2 Å². The number of nitrogens with one attached hydrogen (secondary N) is 2. The summed E-state index contributed by atoms with van der Waals surface area (Å²) in [5.74, 6) is 0.157. The van der Waals surface area contributed by atoms with Crippen LogP contribution in [0.1, 0.15) is 56.0 Å². The molecule has 0 spiro atoms. The molecule has 30 heavy (non-hydrogen) atoms. The minimum absolute atomic E-state index is 0.0783. The van der Waals surface area contributed by atoms with E-state index in [1.165, 1.54) is 0 Å². The van der Waals surface area contributed by atoms with Crippen LogP contribution in [0.25, 0.3) is 0 Å². The number of anilines is 2. The Hall–Kier alpha value is -3.15. The molecule has 0 heterocycles. The number of benzene rings is 2. The van der Waals surface area contributed by atoms with Crippen molar-refractivity contribution in [3.8, 4) is 5.75 Å². The number of hydrogen-bond donors (Lipinski definition) is 2. The number of ether oxygens (including phenoxy) is 1. The molecule has 160 valence electrons. The highest BCUT2D eigenvalue weighted by atomic mass is 16.5. The zero-order chi connectivity index (χ0) is 22.1. The third-order valence-electron chi connectivity index (χ3n) is 4.53. The van der Waals surface area contributed by atoms with Crippen molar-refractivity contribution in [2.45, 2.75) is 47.0 Å². The van der Waals surface area contributed by atoms with Crippen LogP contribution < -0.4 is 15.4 Å². The molecule has 0 atom stereocenters. The van der Waals surface area contributed by atoms with Gasteiger partial charge in [-0.15, -0.1) is 0 Å². The molecule has 0 aliphatic heterocycles. The lowest BCUT2D eigenvalue weighted by molar-refractivity contribution is -0.119. The Morgan fingerprint density at radius 3 is 2.30 bits per heavy atom. The molecule has 0 aliphatic carbocycles. The van der Waals surface area contributed by atoms with Crippen molar-refractivity contribution >= 4 is 29.0 Å². The highest BCUT2D eigenvalue weighted by Crippen LogP contribution is 2.21. The Kier molecular flexibility index (Phi) is 8.59. The summed E-state index contributed by atoms with van der Waals surface area (Å²) in [6.45, 7) is 8.17. The van der Waals surface area contributed by atoms with Crippen molar-refractivity contribution in [3.63, 3.8) is 0 Å². The van der Waals surface area contributed by atoms with Crippen LogP contribution in [0.5, 0.6) is 5.75 Å². The molecule has 2 aromatic rings. The van der Waals surface area contributed by atoms with E-state index in [1.807, 2.05) is 33.8 Å². The minimum atomic E-state index is -0.248.